The standard InChI is InChI=1S/C34H34FNO4/c1-20-14-26(25-12-13-36-22(3)16-25)15-21(2)34(20)24-6-5-7-31(23(4)30(35)11-8-24)40-28-9-10-29-27(17-33(37)38)19-39-32(29)18-28/h8-16,18,27,31H,4-7,17,19H2,1-3H3,(H,37,38)/b24-8+,30-11+/t27-,31-/m1/s1. The third-order valence-electron chi connectivity index (χ3n) is 7.69. The lowest BCUT2D eigenvalue weighted by Crippen LogP contribution is -2.19. The molecule has 206 valence electrons. The Labute approximate surface area is 234 Å². The van der Waals surface area contributed by atoms with Crippen LogP contribution in [0, 0.1) is 20.8 Å². The smallest absolute Gasteiger partial charge is 0.304 e. The molecule has 2 heterocycles. The van der Waals surface area contributed by atoms with Crippen LogP contribution in [-0.4, -0.2) is 28.8 Å². The van der Waals surface area contributed by atoms with Crippen molar-refractivity contribution in [1.82, 2.24) is 4.98 Å². The molecule has 1 aliphatic heterocycles. The number of aliphatic carboxylic acids is 1. The zero-order valence-corrected chi connectivity index (χ0v) is 23.2. The summed E-state index contributed by atoms with van der Waals surface area (Å²) >= 11 is 0. The first-order valence-corrected chi connectivity index (χ1v) is 13.6. The maximum atomic E-state index is 15.3. The molecule has 2 aliphatic rings. The van der Waals surface area contributed by atoms with Crippen molar-refractivity contribution >= 4 is 11.5 Å². The normalized spacial score (nSPS) is 21.6. The first kappa shape index (κ1) is 27.4. The number of rotatable bonds is 6. The lowest BCUT2D eigenvalue weighted by molar-refractivity contribution is -0.137. The van der Waals surface area contributed by atoms with Crippen LogP contribution in [0.25, 0.3) is 16.7 Å². The number of aromatic nitrogens is 1. The van der Waals surface area contributed by atoms with Gasteiger partial charge in [-0.15, -0.1) is 0 Å². The highest BCUT2D eigenvalue weighted by Gasteiger charge is 2.28. The maximum absolute atomic E-state index is 15.3. The monoisotopic (exact) mass is 539 g/mol. The average Bonchev–Trinajstić information content (AvgIpc) is 3.32. The molecule has 6 heteroatoms. The molecule has 2 aromatic carbocycles. The number of carbonyl (C=O) groups is 1. The minimum Gasteiger partial charge on any atom is -0.492 e. The van der Waals surface area contributed by atoms with Crippen molar-refractivity contribution in [3.05, 3.63) is 107 Å². The summed E-state index contributed by atoms with van der Waals surface area (Å²) in [4.78, 5) is 15.5. The number of fused-ring (bicyclic) bond motifs is 1. The quantitative estimate of drug-likeness (QED) is 0.343. The second kappa shape index (κ2) is 11.5. The fraction of sp³-hybridized carbons (Fsp3) is 0.294. The molecule has 0 bridgehead atoms. The summed E-state index contributed by atoms with van der Waals surface area (Å²) < 4.78 is 27.3. The van der Waals surface area contributed by atoms with E-state index in [1.165, 1.54) is 6.08 Å². The number of allylic oxidation sites excluding steroid dienone is 3. The Morgan fingerprint density at radius 2 is 1.88 bits per heavy atom. The first-order valence-electron chi connectivity index (χ1n) is 13.6. The Morgan fingerprint density at radius 1 is 1.10 bits per heavy atom. The Bertz CT molecular complexity index is 1510. The van der Waals surface area contributed by atoms with Gasteiger partial charge >= 0.3 is 5.97 Å². The summed E-state index contributed by atoms with van der Waals surface area (Å²) in [6.45, 7) is 10.5. The number of hydrogen-bond donors (Lipinski definition) is 1. The van der Waals surface area contributed by atoms with Gasteiger partial charge < -0.3 is 14.6 Å². The van der Waals surface area contributed by atoms with Crippen LogP contribution in [0.2, 0.25) is 0 Å². The fourth-order valence-electron chi connectivity index (χ4n) is 5.74. The molecular weight excluding hydrogens is 505 g/mol. The molecule has 0 saturated heterocycles. The van der Waals surface area contributed by atoms with Crippen molar-refractivity contribution in [2.24, 2.45) is 0 Å². The Kier molecular flexibility index (Phi) is 7.88. The van der Waals surface area contributed by atoms with Crippen LogP contribution in [0.1, 0.15) is 59.5 Å². The van der Waals surface area contributed by atoms with E-state index in [1.54, 1.807) is 12.1 Å². The van der Waals surface area contributed by atoms with Crippen LogP contribution < -0.4 is 9.47 Å². The Morgan fingerprint density at radius 3 is 2.60 bits per heavy atom. The van der Waals surface area contributed by atoms with E-state index in [0.29, 0.717) is 30.1 Å². The maximum Gasteiger partial charge on any atom is 0.304 e. The van der Waals surface area contributed by atoms with Gasteiger partial charge in [0.1, 0.15) is 23.4 Å². The predicted molar refractivity (Wildman–Crippen MR) is 155 cm³/mol. The van der Waals surface area contributed by atoms with E-state index in [1.807, 2.05) is 31.3 Å². The van der Waals surface area contributed by atoms with Crippen molar-refractivity contribution in [1.29, 1.82) is 0 Å². The molecule has 40 heavy (non-hydrogen) atoms. The molecule has 0 unspecified atom stereocenters. The number of aryl methyl sites for hydroxylation is 3. The molecule has 0 spiro atoms. The van der Waals surface area contributed by atoms with Crippen LogP contribution in [0.5, 0.6) is 11.5 Å². The topological polar surface area (TPSA) is 68.7 Å². The molecule has 1 aliphatic carbocycles. The van der Waals surface area contributed by atoms with Crippen molar-refractivity contribution < 1.29 is 23.8 Å². The van der Waals surface area contributed by atoms with Gasteiger partial charge in [0.15, 0.2) is 0 Å². The lowest BCUT2D eigenvalue weighted by Gasteiger charge is -2.21. The van der Waals surface area contributed by atoms with Crippen LogP contribution in [0.4, 0.5) is 4.39 Å². The molecule has 1 N–H and O–H groups in total. The molecule has 2 atom stereocenters. The minimum atomic E-state index is -0.857. The largest absolute Gasteiger partial charge is 0.492 e. The molecular formula is C34H34FNO4. The number of pyridine rings is 1. The van der Waals surface area contributed by atoms with E-state index >= 15 is 4.39 Å². The summed E-state index contributed by atoms with van der Waals surface area (Å²) in [7, 11) is 0. The van der Waals surface area contributed by atoms with Crippen LogP contribution in [0.3, 0.4) is 0 Å². The molecule has 1 aromatic heterocycles. The summed E-state index contributed by atoms with van der Waals surface area (Å²) in [5, 5.41) is 9.15. The van der Waals surface area contributed by atoms with Gasteiger partial charge in [-0.25, -0.2) is 4.39 Å². The second-order valence-electron chi connectivity index (χ2n) is 10.7. The highest BCUT2D eigenvalue weighted by atomic mass is 19.1. The highest BCUT2D eigenvalue weighted by Crippen LogP contribution is 2.40. The van der Waals surface area contributed by atoms with Crippen molar-refractivity contribution in [3.8, 4) is 22.6 Å². The van der Waals surface area contributed by atoms with E-state index in [-0.39, 0.29) is 12.3 Å². The summed E-state index contributed by atoms with van der Waals surface area (Å²) in [5.74, 6) is -0.267. The van der Waals surface area contributed by atoms with Crippen molar-refractivity contribution in [3.63, 3.8) is 0 Å². The number of carboxylic acids is 1. The van der Waals surface area contributed by atoms with E-state index in [0.717, 1.165) is 57.5 Å². The third-order valence-corrected chi connectivity index (χ3v) is 7.69. The van der Waals surface area contributed by atoms with Gasteiger partial charge in [0.25, 0.3) is 0 Å². The van der Waals surface area contributed by atoms with Crippen molar-refractivity contribution in [2.75, 3.05) is 6.61 Å². The Hall–Kier alpha value is -4.19. The molecule has 5 nitrogen and oxygen atoms in total. The van der Waals surface area contributed by atoms with E-state index < -0.39 is 17.9 Å². The second-order valence-corrected chi connectivity index (χ2v) is 10.7. The molecule has 0 radical (unpaired) electrons. The summed E-state index contributed by atoms with van der Waals surface area (Å²) in [6, 6.07) is 13.9. The van der Waals surface area contributed by atoms with Gasteiger partial charge in [0, 0.05) is 35.0 Å². The van der Waals surface area contributed by atoms with Crippen LogP contribution in [0.15, 0.2) is 78.8 Å². The lowest BCUT2D eigenvalue weighted by atomic mass is 9.89. The number of halogens is 1. The van der Waals surface area contributed by atoms with Crippen LogP contribution >= 0.6 is 0 Å². The summed E-state index contributed by atoms with van der Waals surface area (Å²) in [6.07, 6.45) is 6.86. The molecule has 0 amide bonds. The number of hydrogen-bond acceptors (Lipinski definition) is 4. The first-order chi connectivity index (χ1) is 19.2. The molecule has 0 saturated carbocycles. The number of benzene rings is 2. The van der Waals surface area contributed by atoms with E-state index in [9.17, 15) is 4.79 Å². The Balaban J connectivity index is 1.33. The zero-order chi connectivity index (χ0) is 28.4. The van der Waals surface area contributed by atoms with Gasteiger partial charge in [-0.2, -0.15) is 0 Å². The van der Waals surface area contributed by atoms with Gasteiger partial charge in [-0.05, 0) is 97.7 Å². The molecule has 3 aromatic rings. The van der Waals surface area contributed by atoms with Crippen molar-refractivity contribution in [2.45, 2.75) is 58.5 Å². The summed E-state index contributed by atoms with van der Waals surface area (Å²) in [5.41, 5.74) is 8.95. The predicted octanol–water partition coefficient (Wildman–Crippen LogP) is 8.05. The fourth-order valence-corrected chi connectivity index (χ4v) is 5.74. The van der Waals surface area contributed by atoms with Gasteiger partial charge in [0.2, 0.25) is 0 Å². The minimum absolute atomic E-state index is 0.0169. The highest BCUT2D eigenvalue weighted by molar-refractivity contribution is 5.77. The molecule has 5 rings (SSSR count). The third kappa shape index (κ3) is 5.86. The van der Waals surface area contributed by atoms with Gasteiger partial charge in [-0.3, -0.25) is 9.78 Å². The number of nitrogens with zero attached hydrogens (tertiary/aromatic N) is 1. The SMILES string of the molecule is C=C1/C(F)=C\C=C(\c2c(C)cc(-c3ccnc(C)c3)cc2C)CCC[C@H]1Oc1ccc2c(c1)OC[C@H]2CC(=O)O. The van der Waals surface area contributed by atoms with Crippen LogP contribution in [-0.2, 0) is 4.79 Å². The van der Waals surface area contributed by atoms with Gasteiger partial charge in [0.05, 0.1) is 13.0 Å². The number of carboxylic acid groups (broad SMARTS) is 1. The molecule has 0 fully saturated rings. The van der Waals surface area contributed by atoms with Gasteiger partial charge in [-0.1, -0.05) is 30.9 Å². The zero-order valence-electron chi connectivity index (χ0n) is 23.2. The van der Waals surface area contributed by atoms with E-state index in [4.69, 9.17) is 14.6 Å². The average molecular weight is 540 g/mol. The number of ether oxygens (including phenoxy) is 2. The van der Waals surface area contributed by atoms with E-state index in [2.05, 4.69) is 43.6 Å².